The maximum atomic E-state index is 11.6. The van der Waals surface area contributed by atoms with Crippen LogP contribution in [0.25, 0.3) is 10.9 Å². The Balaban J connectivity index is 1.34. The molecule has 1 aliphatic rings. The minimum absolute atomic E-state index is 0.0426. The lowest BCUT2D eigenvalue weighted by molar-refractivity contribution is -0.150. The number of ether oxygens (including phenoxy) is 2. The number of aromatic nitrogens is 1. The Kier molecular flexibility index (Phi) is 9.64. The molecule has 12 heteroatoms. The fourth-order valence-corrected chi connectivity index (χ4v) is 6.01. The number of halogens is 2. The van der Waals surface area contributed by atoms with Crippen LogP contribution >= 0.6 is 23.2 Å². The molecule has 9 nitrogen and oxygen atoms in total. The second-order valence-electron chi connectivity index (χ2n) is 10.1. The first-order valence-corrected chi connectivity index (χ1v) is 16.1. The molecule has 0 fully saturated rings. The van der Waals surface area contributed by atoms with Crippen molar-refractivity contribution >= 4 is 44.1 Å². The smallest absolute Gasteiger partial charge is 0.260 e. The molecule has 3 aromatic carbocycles. The predicted molar refractivity (Wildman–Crippen MR) is 164 cm³/mol. The van der Waals surface area contributed by atoms with E-state index in [4.69, 9.17) is 32.7 Å². The molecule has 2 unspecified atom stereocenters. The maximum absolute atomic E-state index is 11.6. The van der Waals surface area contributed by atoms with Crippen molar-refractivity contribution in [2.24, 2.45) is 0 Å². The van der Waals surface area contributed by atoms with Crippen molar-refractivity contribution in [2.45, 2.75) is 38.3 Å². The van der Waals surface area contributed by atoms with Crippen molar-refractivity contribution in [2.75, 3.05) is 25.4 Å². The molecule has 0 radical (unpaired) electrons. The number of sulfonamides is 1. The quantitative estimate of drug-likeness (QED) is 0.164. The number of rotatable bonds is 12. The first-order chi connectivity index (χ1) is 20.1. The van der Waals surface area contributed by atoms with Crippen molar-refractivity contribution < 1.29 is 28.1 Å². The summed E-state index contributed by atoms with van der Waals surface area (Å²) in [5, 5.41) is 23.6. The highest BCUT2D eigenvalue weighted by Gasteiger charge is 2.36. The van der Waals surface area contributed by atoms with Gasteiger partial charge in [-0.05, 0) is 79.1 Å². The van der Waals surface area contributed by atoms with Crippen molar-refractivity contribution in [3.63, 3.8) is 0 Å². The Morgan fingerprint density at radius 3 is 2.43 bits per heavy atom. The van der Waals surface area contributed by atoms with Gasteiger partial charge >= 0.3 is 0 Å². The van der Waals surface area contributed by atoms with Gasteiger partial charge in [-0.1, -0.05) is 35.3 Å². The summed E-state index contributed by atoms with van der Waals surface area (Å²) in [7, 11) is -3.37. The number of benzene rings is 3. The molecule has 1 aromatic heterocycles. The van der Waals surface area contributed by atoms with Crippen LogP contribution in [0, 0.1) is 0 Å². The summed E-state index contributed by atoms with van der Waals surface area (Å²) in [4.78, 5) is 5.43. The summed E-state index contributed by atoms with van der Waals surface area (Å²) in [6.45, 7) is 2.22. The summed E-state index contributed by atoms with van der Waals surface area (Å²) >= 11 is 12.3. The van der Waals surface area contributed by atoms with Crippen molar-refractivity contribution in [3.8, 4) is 11.5 Å². The summed E-state index contributed by atoms with van der Waals surface area (Å²) < 4.78 is 37.3. The fourth-order valence-electron chi connectivity index (χ4n) is 5.06. The Labute approximate surface area is 255 Å². The van der Waals surface area contributed by atoms with E-state index in [1.807, 2.05) is 47.4 Å². The summed E-state index contributed by atoms with van der Waals surface area (Å²) in [5.74, 6) is 1.05. The van der Waals surface area contributed by atoms with Gasteiger partial charge in [-0.3, -0.25) is 0 Å². The molecular weight excluding hydrogens is 601 g/mol. The molecule has 42 heavy (non-hydrogen) atoms. The first kappa shape index (κ1) is 30.6. The van der Waals surface area contributed by atoms with Gasteiger partial charge in [0, 0.05) is 46.2 Å². The Morgan fingerprint density at radius 2 is 1.71 bits per heavy atom. The highest BCUT2D eigenvalue weighted by Crippen LogP contribution is 2.40. The number of aliphatic hydroxyl groups is 2. The van der Waals surface area contributed by atoms with E-state index in [9.17, 15) is 18.6 Å². The van der Waals surface area contributed by atoms with Gasteiger partial charge in [0.1, 0.15) is 11.5 Å². The minimum atomic E-state index is -3.37. The molecule has 4 N–H and O–H groups in total. The van der Waals surface area contributed by atoms with Crippen LogP contribution in [0.1, 0.15) is 36.2 Å². The van der Waals surface area contributed by atoms with Gasteiger partial charge < -0.3 is 24.7 Å². The number of hydrogen-bond acceptors (Lipinski definition) is 7. The lowest BCUT2D eigenvalue weighted by Crippen LogP contribution is -2.46. The van der Waals surface area contributed by atoms with Crippen LogP contribution in [0.5, 0.6) is 11.5 Å². The average Bonchev–Trinajstić information content (AvgIpc) is 3.35. The van der Waals surface area contributed by atoms with Crippen molar-refractivity contribution in [1.29, 1.82) is 0 Å². The van der Waals surface area contributed by atoms with E-state index in [2.05, 4.69) is 9.71 Å². The normalized spacial score (nSPS) is 17.1. The standard InChI is InChI=1S/C30H33Cl2N3O6S/c1-2-42(38,39)33-18-22(36)14-16-40-23-8-3-19(4-9-23)29-28-25(26-17-21(32)7-12-27(26)34-28)13-15-35(29)30(37)41-24-10-5-20(31)6-11-24/h3-12,17,22,29-30,33-34,36-37H,2,13-16,18H2,1H3/t22?,29-,30?/m0/s1. The van der Waals surface area contributed by atoms with Crippen LogP contribution in [0.2, 0.25) is 10.0 Å². The molecule has 1 aliphatic heterocycles. The van der Waals surface area contributed by atoms with Crippen LogP contribution in [0.15, 0.2) is 66.7 Å². The summed E-state index contributed by atoms with van der Waals surface area (Å²) in [5.41, 5.74) is 3.96. The molecule has 3 atom stereocenters. The molecule has 0 amide bonds. The van der Waals surface area contributed by atoms with E-state index < -0.39 is 22.5 Å². The first-order valence-electron chi connectivity index (χ1n) is 13.7. The second kappa shape index (κ2) is 13.2. The molecule has 0 bridgehead atoms. The fraction of sp³-hybridized carbons (Fsp3) is 0.333. The van der Waals surface area contributed by atoms with Crippen molar-refractivity contribution in [3.05, 3.63) is 93.6 Å². The SMILES string of the molecule is CCS(=O)(=O)NCC(O)CCOc1ccc([C@H]2c3[nH]c4ccc(Cl)cc4c3CCN2C(O)Oc2ccc(Cl)cc2)cc1. The number of nitrogens with one attached hydrogen (secondary N) is 2. The monoisotopic (exact) mass is 633 g/mol. The third-order valence-corrected chi connectivity index (χ3v) is 9.15. The van der Waals surface area contributed by atoms with Crippen LogP contribution in [0.3, 0.4) is 0 Å². The number of H-pyrrole nitrogens is 1. The number of aromatic amines is 1. The number of aliphatic hydroxyl groups excluding tert-OH is 2. The number of hydrogen-bond donors (Lipinski definition) is 4. The average molecular weight is 635 g/mol. The highest BCUT2D eigenvalue weighted by molar-refractivity contribution is 7.89. The maximum Gasteiger partial charge on any atom is 0.260 e. The van der Waals surface area contributed by atoms with E-state index in [-0.39, 0.29) is 31.4 Å². The molecule has 0 saturated carbocycles. The Hall–Kier alpha value is -2.83. The molecule has 0 spiro atoms. The van der Waals surface area contributed by atoms with E-state index in [0.717, 1.165) is 27.7 Å². The number of fused-ring (bicyclic) bond motifs is 3. The zero-order valence-corrected chi connectivity index (χ0v) is 25.3. The zero-order chi connectivity index (χ0) is 29.9. The molecule has 0 saturated heterocycles. The number of nitrogens with zero attached hydrogens (tertiary/aromatic N) is 1. The van der Waals surface area contributed by atoms with Crippen LogP contribution in [-0.4, -0.2) is 66.5 Å². The zero-order valence-electron chi connectivity index (χ0n) is 23.0. The molecule has 0 aliphatic carbocycles. The topological polar surface area (TPSA) is 124 Å². The molecule has 4 aromatic rings. The molecule has 224 valence electrons. The van der Waals surface area contributed by atoms with E-state index in [0.29, 0.717) is 34.5 Å². The van der Waals surface area contributed by atoms with Crippen LogP contribution in [0.4, 0.5) is 0 Å². The molecular formula is C30H33Cl2N3O6S. The lowest BCUT2D eigenvalue weighted by atomic mass is 9.92. The predicted octanol–water partition coefficient (Wildman–Crippen LogP) is 4.85. The third-order valence-electron chi connectivity index (χ3n) is 7.30. The summed E-state index contributed by atoms with van der Waals surface area (Å²) in [6, 6.07) is 19.8. The van der Waals surface area contributed by atoms with Gasteiger partial charge in [0.2, 0.25) is 10.0 Å². The van der Waals surface area contributed by atoms with Gasteiger partial charge in [-0.15, -0.1) is 0 Å². The second-order valence-corrected chi connectivity index (χ2v) is 13.1. The van der Waals surface area contributed by atoms with Crippen molar-refractivity contribution in [1.82, 2.24) is 14.6 Å². The largest absolute Gasteiger partial charge is 0.493 e. The lowest BCUT2D eigenvalue weighted by Gasteiger charge is -2.38. The van der Waals surface area contributed by atoms with Crippen LogP contribution in [-0.2, 0) is 16.4 Å². The van der Waals surface area contributed by atoms with Gasteiger partial charge in [-0.25, -0.2) is 18.0 Å². The van der Waals surface area contributed by atoms with E-state index >= 15 is 0 Å². The summed E-state index contributed by atoms with van der Waals surface area (Å²) in [6.07, 6.45) is -1.15. The van der Waals surface area contributed by atoms with Crippen LogP contribution < -0.4 is 14.2 Å². The van der Waals surface area contributed by atoms with Gasteiger partial charge in [0.25, 0.3) is 6.41 Å². The Bertz CT molecular complexity index is 1610. The molecule has 5 rings (SSSR count). The minimum Gasteiger partial charge on any atom is -0.493 e. The molecule has 2 heterocycles. The highest BCUT2D eigenvalue weighted by atomic mass is 35.5. The Morgan fingerprint density at radius 1 is 1.02 bits per heavy atom. The third kappa shape index (κ3) is 7.20. The van der Waals surface area contributed by atoms with E-state index in [1.54, 1.807) is 24.3 Å². The van der Waals surface area contributed by atoms with E-state index in [1.165, 1.54) is 6.92 Å². The van der Waals surface area contributed by atoms with Gasteiger partial charge in [0.15, 0.2) is 0 Å². The van der Waals surface area contributed by atoms with Gasteiger partial charge in [0.05, 0.1) is 24.5 Å². The van der Waals surface area contributed by atoms with Gasteiger partial charge in [-0.2, -0.15) is 0 Å².